The molecule has 4 heteroatoms. The van der Waals surface area contributed by atoms with Crippen molar-refractivity contribution >= 4 is 81.3 Å². The molecule has 0 saturated heterocycles. The van der Waals surface area contributed by atoms with Crippen LogP contribution in [0.25, 0.3) is 97.8 Å². The van der Waals surface area contributed by atoms with E-state index in [4.69, 9.17) is 0 Å². The standard InChI is InChI=1S/C56H35N3S/c1-3-18-36(19-4-1)57-48-32-13-9-24-44(48)53-52-40(26-16-34-50(52)58(37-20-5-2-6-21-37)54(53)45-25-10-14-33-49(45)57)41-27-15-28-42-43-29-17-35-51(56(43)60-55(41)42)59-46-30-11-7-22-38(46)39-23-8-12-31-47(39)59/h1-35H. The highest BCUT2D eigenvalue weighted by Gasteiger charge is 2.32. The Morgan fingerprint density at radius 2 is 0.783 bits per heavy atom. The Morgan fingerprint density at radius 3 is 1.52 bits per heavy atom. The Kier molecular flexibility index (Phi) is 7.18. The van der Waals surface area contributed by atoms with Gasteiger partial charge in [-0.3, -0.25) is 0 Å². The summed E-state index contributed by atoms with van der Waals surface area (Å²) in [5.41, 5.74) is 16.7. The summed E-state index contributed by atoms with van der Waals surface area (Å²) < 4.78 is 7.55. The number of fused-ring (bicyclic) bond motifs is 13. The molecule has 0 fully saturated rings. The Labute approximate surface area is 350 Å². The zero-order valence-electron chi connectivity index (χ0n) is 32.5. The molecule has 0 N–H and O–H groups in total. The lowest BCUT2D eigenvalue weighted by Gasteiger charge is -2.27. The summed E-state index contributed by atoms with van der Waals surface area (Å²) in [6.45, 7) is 0. The third kappa shape index (κ3) is 4.65. The van der Waals surface area contributed by atoms with Gasteiger partial charge in [-0.15, -0.1) is 11.3 Å². The van der Waals surface area contributed by atoms with Crippen LogP contribution in [0.3, 0.4) is 0 Å². The lowest BCUT2D eigenvalue weighted by molar-refractivity contribution is 1.13. The van der Waals surface area contributed by atoms with Crippen LogP contribution in [0.15, 0.2) is 212 Å². The number of nitrogens with zero attached hydrogens (tertiary/aromatic N) is 3. The summed E-state index contributed by atoms with van der Waals surface area (Å²) in [4.78, 5) is 2.44. The smallest absolute Gasteiger partial charge is 0.0641 e. The van der Waals surface area contributed by atoms with Crippen molar-refractivity contribution in [3.63, 3.8) is 0 Å². The van der Waals surface area contributed by atoms with Crippen LogP contribution in [0.5, 0.6) is 0 Å². The predicted molar refractivity (Wildman–Crippen MR) is 255 cm³/mol. The van der Waals surface area contributed by atoms with Crippen molar-refractivity contribution in [1.29, 1.82) is 0 Å². The van der Waals surface area contributed by atoms with Crippen molar-refractivity contribution in [2.45, 2.75) is 0 Å². The molecule has 0 unspecified atom stereocenters. The molecule has 0 bridgehead atoms. The maximum Gasteiger partial charge on any atom is 0.0641 e. The summed E-state index contributed by atoms with van der Waals surface area (Å²) in [7, 11) is 0. The number of para-hydroxylation sites is 6. The molecule has 280 valence electrons. The van der Waals surface area contributed by atoms with Gasteiger partial charge in [-0.25, -0.2) is 0 Å². The molecular weight excluding hydrogens is 747 g/mol. The van der Waals surface area contributed by atoms with E-state index in [9.17, 15) is 0 Å². The molecule has 9 aromatic carbocycles. The molecule has 1 aliphatic heterocycles. The van der Waals surface area contributed by atoms with Crippen LogP contribution in [-0.4, -0.2) is 9.13 Å². The monoisotopic (exact) mass is 781 g/mol. The predicted octanol–water partition coefficient (Wildman–Crippen LogP) is 15.9. The Morgan fingerprint density at radius 1 is 0.300 bits per heavy atom. The van der Waals surface area contributed by atoms with Gasteiger partial charge in [-0.2, -0.15) is 0 Å². The van der Waals surface area contributed by atoms with E-state index in [-0.39, 0.29) is 0 Å². The summed E-state index contributed by atoms with van der Waals surface area (Å²) in [6.07, 6.45) is 0. The van der Waals surface area contributed by atoms with Crippen molar-refractivity contribution in [2.24, 2.45) is 0 Å². The summed E-state index contributed by atoms with van der Waals surface area (Å²) in [6, 6.07) is 77.8. The maximum atomic E-state index is 2.50. The van der Waals surface area contributed by atoms with Gasteiger partial charge in [0.15, 0.2) is 0 Å². The molecule has 0 radical (unpaired) electrons. The first-order chi connectivity index (χ1) is 29.8. The van der Waals surface area contributed by atoms with Gasteiger partial charge in [0.05, 0.1) is 44.0 Å². The SMILES string of the molecule is c1ccc(N2c3ccccc3-c3c(n(-c4ccccc4)c4cccc(-c5cccc6c5sc5c(-n7c8ccccc8c8ccccc87)cccc56)c34)-c3ccccc32)cc1. The van der Waals surface area contributed by atoms with Gasteiger partial charge >= 0.3 is 0 Å². The van der Waals surface area contributed by atoms with Gasteiger partial charge in [-0.05, 0) is 66.2 Å². The molecule has 60 heavy (non-hydrogen) atoms. The molecule has 13 rings (SSSR count). The minimum Gasteiger partial charge on any atom is -0.309 e. The first kappa shape index (κ1) is 33.3. The molecule has 4 heterocycles. The van der Waals surface area contributed by atoms with Gasteiger partial charge in [0.2, 0.25) is 0 Å². The van der Waals surface area contributed by atoms with Gasteiger partial charge in [-0.1, -0.05) is 152 Å². The fourth-order valence-corrected chi connectivity index (χ4v) is 11.4. The second-order valence-corrected chi connectivity index (χ2v) is 16.6. The Hall–Kier alpha value is -7.66. The number of rotatable bonds is 4. The van der Waals surface area contributed by atoms with E-state index in [1.165, 1.54) is 92.1 Å². The number of benzene rings is 9. The van der Waals surface area contributed by atoms with Gasteiger partial charge in [0, 0.05) is 65.3 Å². The second-order valence-electron chi connectivity index (χ2n) is 15.6. The minimum absolute atomic E-state index is 1.13. The lowest BCUT2D eigenvalue weighted by Crippen LogP contribution is -2.11. The highest BCUT2D eigenvalue weighted by Crippen LogP contribution is 2.56. The third-order valence-electron chi connectivity index (χ3n) is 12.5. The van der Waals surface area contributed by atoms with Gasteiger partial charge in [0.25, 0.3) is 0 Å². The summed E-state index contributed by atoms with van der Waals surface area (Å²) in [5, 5.41) is 6.36. The summed E-state index contributed by atoms with van der Waals surface area (Å²) in [5.74, 6) is 0. The molecule has 0 saturated carbocycles. The minimum atomic E-state index is 1.13. The van der Waals surface area contributed by atoms with E-state index < -0.39 is 0 Å². The van der Waals surface area contributed by atoms with Crippen molar-refractivity contribution < 1.29 is 0 Å². The van der Waals surface area contributed by atoms with E-state index in [0.717, 1.165) is 22.7 Å². The first-order valence-corrected chi connectivity index (χ1v) is 21.4. The van der Waals surface area contributed by atoms with E-state index in [1.807, 2.05) is 11.3 Å². The first-order valence-electron chi connectivity index (χ1n) is 20.5. The second kappa shape index (κ2) is 12.9. The van der Waals surface area contributed by atoms with Gasteiger partial charge in [0.1, 0.15) is 0 Å². The molecule has 1 aliphatic rings. The fourth-order valence-electron chi connectivity index (χ4n) is 10.0. The quantitative estimate of drug-likeness (QED) is 0.173. The number of hydrogen-bond donors (Lipinski definition) is 0. The number of thiophene rings is 1. The van der Waals surface area contributed by atoms with Gasteiger partial charge < -0.3 is 14.0 Å². The van der Waals surface area contributed by atoms with E-state index in [0.29, 0.717) is 0 Å². The number of anilines is 3. The summed E-state index contributed by atoms with van der Waals surface area (Å²) >= 11 is 1.91. The van der Waals surface area contributed by atoms with Crippen LogP contribution >= 0.6 is 11.3 Å². The van der Waals surface area contributed by atoms with Crippen molar-refractivity contribution in [3.8, 4) is 44.9 Å². The van der Waals surface area contributed by atoms with Crippen LogP contribution in [-0.2, 0) is 0 Å². The molecule has 3 aromatic heterocycles. The highest BCUT2D eigenvalue weighted by molar-refractivity contribution is 7.26. The molecule has 3 nitrogen and oxygen atoms in total. The average Bonchev–Trinajstić information content (AvgIpc) is 3.96. The molecule has 0 aliphatic carbocycles. The van der Waals surface area contributed by atoms with Crippen molar-refractivity contribution in [3.05, 3.63) is 212 Å². The molecule has 0 amide bonds. The number of hydrogen-bond acceptors (Lipinski definition) is 2. The van der Waals surface area contributed by atoms with Crippen LogP contribution in [0.4, 0.5) is 17.1 Å². The van der Waals surface area contributed by atoms with Crippen molar-refractivity contribution in [2.75, 3.05) is 4.90 Å². The van der Waals surface area contributed by atoms with Crippen LogP contribution in [0, 0.1) is 0 Å². The third-order valence-corrected chi connectivity index (χ3v) is 13.7. The molecule has 0 atom stereocenters. The molecular formula is C56H35N3S. The zero-order valence-corrected chi connectivity index (χ0v) is 33.3. The van der Waals surface area contributed by atoms with Crippen LogP contribution in [0.1, 0.15) is 0 Å². The number of aromatic nitrogens is 2. The highest BCUT2D eigenvalue weighted by atomic mass is 32.1. The Bertz CT molecular complexity index is 3610. The largest absolute Gasteiger partial charge is 0.309 e. The normalized spacial score (nSPS) is 12.3. The van der Waals surface area contributed by atoms with Crippen LogP contribution in [0.2, 0.25) is 0 Å². The van der Waals surface area contributed by atoms with E-state index in [1.54, 1.807) is 0 Å². The molecule has 0 spiro atoms. The average molecular weight is 782 g/mol. The maximum absolute atomic E-state index is 2.50. The fraction of sp³-hybridized carbons (Fsp3) is 0. The van der Waals surface area contributed by atoms with Crippen LogP contribution < -0.4 is 4.90 Å². The topological polar surface area (TPSA) is 13.1 Å². The zero-order chi connectivity index (χ0) is 39.3. The lowest BCUT2D eigenvalue weighted by atomic mass is 9.92. The van der Waals surface area contributed by atoms with E-state index >= 15 is 0 Å². The van der Waals surface area contributed by atoms with Crippen molar-refractivity contribution in [1.82, 2.24) is 9.13 Å². The Balaban J connectivity index is 1.15. The molecule has 12 aromatic rings. The van der Waals surface area contributed by atoms with E-state index in [2.05, 4.69) is 226 Å².